The number of rotatable bonds is 7. The smallest absolute Gasteiger partial charge is 0.243 e. The first-order chi connectivity index (χ1) is 12.2. The molecule has 0 saturated carbocycles. The summed E-state index contributed by atoms with van der Waals surface area (Å²) in [7, 11) is -2.24. The second-order valence-corrected chi connectivity index (χ2v) is 8.60. The standard InChI is InChI=1S/C20H26N2O3S/c1-15-12-16(2)19(17(3)13-15)10-11-21-20(23)14-22(4)26(24,25)18-8-6-5-7-9-18/h5-9,12-13H,10-11,14H2,1-4H3,(H,21,23). The highest BCUT2D eigenvalue weighted by Crippen LogP contribution is 2.16. The number of hydrogen-bond acceptors (Lipinski definition) is 3. The normalized spacial score (nSPS) is 11.6. The SMILES string of the molecule is Cc1cc(C)c(CCNC(=O)CN(C)S(=O)(=O)c2ccccc2)c(C)c1. The number of aryl methyl sites for hydroxylation is 3. The highest BCUT2D eigenvalue weighted by molar-refractivity contribution is 7.89. The Morgan fingerprint density at radius 2 is 1.62 bits per heavy atom. The van der Waals surface area contributed by atoms with E-state index < -0.39 is 10.0 Å². The predicted octanol–water partition coefficient (Wildman–Crippen LogP) is 2.59. The van der Waals surface area contributed by atoms with E-state index in [4.69, 9.17) is 0 Å². The van der Waals surface area contributed by atoms with E-state index in [0.717, 1.165) is 10.7 Å². The maximum absolute atomic E-state index is 12.4. The van der Waals surface area contributed by atoms with E-state index >= 15 is 0 Å². The van der Waals surface area contributed by atoms with Crippen LogP contribution in [0.15, 0.2) is 47.4 Å². The van der Waals surface area contributed by atoms with Crippen molar-refractivity contribution < 1.29 is 13.2 Å². The molecule has 5 nitrogen and oxygen atoms in total. The minimum atomic E-state index is -3.66. The largest absolute Gasteiger partial charge is 0.355 e. The minimum absolute atomic E-state index is 0.182. The Bertz CT molecular complexity index is 854. The van der Waals surface area contributed by atoms with Gasteiger partial charge < -0.3 is 5.32 Å². The molecule has 1 N–H and O–H groups in total. The van der Waals surface area contributed by atoms with Gasteiger partial charge in [0.15, 0.2) is 0 Å². The maximum Gasteiger partial charge on any atom is 0.243 e. The van der Waals surface area contributed by atoms with E-state index in [-0.39, 0.29) is 17.3 Å². The summed E-state index contributed by atoms with van der Waals surface area (Å²) in [6.07, 6.45) is 0.721. The average molecular weight is 375 g/mol. The van der Waals surface area contributed by atoms with Crippen molar-refractivity contribution in [1.29, 1.82) is 0 Å². The zero-order chi connectivity index (χ0) is 19.3. The van der Waals surface area contributed by atoms with Crippen molar-refractivity contribution in [2.24, 2.45) is 0 Å². The molecule has 2 rings (SSSR count). The first-order valence-corrected chi connectivity index (χ1v) is 10.0. The lowest BCUT2D eigenvalue weighted by molar-refractivity contribution is -0.121. The van der Waals surface area contributed by atoms with Crippen molar-refractivity contribution in [3.63, 3.8) is 0 Å². The van der Waals surface area contributed by atoms with E-state index in [1.807, 2.05) is 0 Å². The third-order valence-corrected chi connectivity index (χ3v) is 6.17. The van der Waals surface area contributed by atoms with Gasteiger partial charge in [0.1, 0.15) is 0 Å². The average Bonchev–Trinajstić information content (AvgIpc) is 2.57. The van der Waals surface area contributed by atoms with Crippen LogP contribution >= 0.6 is 0 Å². The number of carbonyl (C=O) groups excluding carboxylic acids is 1. The van der Waals surface area contributed by atoms with E-state index in [1.165, 1.54) is 41.4 Å². The minimum Gasteiger partial charge on any atom is -0.355 e. The molecule has 0 atom stereocenters. The second kappa shape index (κ2) is 8.47. The summed E-state index contributed by atoms with van der Waals surface area (Å²) >= 11 is 0. The Labute approximate surface area is 156 Å². The summed E-state index contributed by atoms with van der Waals surface area (Å²) in [5.41, 5.74) is 4.86. The number of hydrogen-bond donors (Lipinski definition) is 1. The quantitative estimate of drug-likeness (QED) is 0.810. The van der Waals surface area contributed by atoms with Crippen molar-refractivity contribution in [3.05, 3.63) is 64.7 Å². The third-order valence-electron chi connectivity index (χ3n) is 4.36. The lowest BCUT2D eigenvalue weighted by Gasteiger charge is -2.17. The Morgan fingerprint density at radius 3 is 2.19 bits per heavy atom. The lowest BCUT2D eigenvalue weighted by Crippen LogP contribution is -2.39. The molecule has 0 aliphatic rings. The molecule has 0 saturated heterocycles. The zero-order valence-electron chi connectivity index (χ0n) is 15.7. The first kappa shape index (κ1) is 20.1. The van der Waals surface area contributed by atoms with Crippen LogP contribution in [0.2, 0.25) is 0 Å². The van der Waals surface area contributed by atoms with Crippen LogP contribution in [0.3, 0.4) is 0 Å². The first-order valence-electron chi connectivity index (χ1n) is 8.56. The van der Waals surface area contributed by atoms with Crippen LogP contribution in [0.1, 0.15) is 22.3 Å². The summed E-state index contributed by atoms with van der Waals surface area (Å²) in [6.45, 7) is 6.47. The van der Waals surface area contributed by atoms with Crippen LogP contribution in [0, 0.1) is 20.8 Å². The topological polar surface area (TPSA) is 66.5 Å². The van der Waals surface area contributed by atoms with Crippen molar-refractivity contribution in [3.8, 4) is 0 Å². The molecule has 2 aromatic rings. The van der Waals surface area contributed by atoms with Gasteiger partial charge >= 0.3 is 0 Å². The molecule has 0 bridgehead atoms. The van der Waals surface area contributed by atoms with Crippen molar-refractivity contribution in [2.75, 3.05) is 20.1 Å². The van der Waals surface area contributed by atoms with E-state index in [0.29, 0.717) is 6.54 Å². The Hall–Kier alpha value is -2.18. The summed E-state index contributed by atoms with van der Waals surface area (Å²) in [4.78, 5) is 12.3. The summed E-state index contributed by atoms with van der Waals surface area (Å²) in [5, 5.41) is 2.81. The van der Waals surface area contributed by atoms with Gasteiger partial charge in [-0.2, -0.15) is 4.31 Å². The summed E-state index contributed by atoms with van der Waals surface area (Å²) in [5.74, 6) is -0.311. The van der Waals surface area contributed by atoms with Gasteiger partial charge in [0.25, 0.3) is 0 Å². The molecule has 0 aliphatic heterocycles. The molecule has 0 unspecified atom stereocenters. The molecule has 0 aromatic heterocycles. The van der Waals surface area contributed by atoms with Crippen LogP contribution in [-0.2, 0) is 21.2 Å². The van der Waals surface area contributed by atoms with Crippen LogP contribution in [0.25, 0.3) is 0 Å². The number of benzene rings is 2. The molecule has 0 aliphatic carbocycles. The lowest BCUT2D eigenvalue weighted by atomic mass is 9.97. The van der Waals surface area contributed by atoms with Gasteiger partial charge in [-0.05, 0) is 56.0 Å². The van der Waals surface area contributed by atoms with Gasteiger partial charge in [0.05, 0.1) is 11.4 Å². The van der Waals surface area contributed by atoms with Crippen LogP contribution < -0.4 is 5.32 Å². The fourth-order valence-corrected chi connectivity index (χ4v) is 4.19. The summed E-state index contributed by atoms with van der Waals surface area (Å²) < 4.78 is 25.9. The van der Waals surface area contributed by atoms with Gasteiger partial charge in [0, 0.05) is 13.6 Å². The molecular formula is C20H26N2O3S. The maximum atomic E-state index is 12.4. The van der Waals surface area contributed by atoms with Crippen molar-refractivity contribution >= 4 is 15.9 Å². The van der Waals surface area contributed by atoms with Gasteiger partial charge in [0.2, 0.25) is 15.9 Å². The zero-order valence-corrected chi connectivity index (χ0v) is 16.6. The van der Waals surface area contributed by atoms with E-state index in [9.17, 15) is 13.2 Å². The molecule has 1 amide bonds. The van der Waals surface area contributed by atoms with Gasteiger partial charge in [-0.15, -0.1) is 0 Å². The van der Waals surface area contributed by atoms with Gasteiger partial charge in [-0.1, -0.05) is 35.9 Å². The number of likely N-dealkylation sites (N-methyl/N-ethyl adjacent to an activating group) is 1. The fourth-order valence-electron chi connectivity index (χ4n) is 3.05. The second-order valence-electron chi connectivity index (χ2n) is 6.55. The summed E-state index contributed by atoms with van der Waals surface area (Å²) in [6, 6.07) is 12.4. The Balaban J connectivity index is 1.91. The molecule has 140 valence electrons. The molecular weight excluding hydrogens is 348 g/mol. The number of nitrogens with one attached hydrogen (secondary N) is 1. The highest BCUT2D eigenvalue weighted by Gasteiger charge is 2.22. The van der Waals surface area contributed by atoms with E-state index in [1.54, 1.807) is 18.2 Å². The highest BCUT2D eigenvalue weighted by atomic mass is 32.2. The molecule has 0 heterocycles. The number of carbonyl (C=O) groups is 1. The molecule has 0 fully saturated rings. The number of nitrogens with zero attached hydrogens (tertiary/aromatic N) is 1. The molecule has 6 heteroatoms. The molecule has 2 aromatic carbocycles. The van der Waals surface area contributed by atoms with Gasteiger partial charge in [-0.25, -0.2) is 8.42 Å². The Morgan fingerprint density at radius 1 is 1.04 bits per heavy atom. The monoisotopic (exact) mass is 374 g/mol. The number of sulfonamides is 1. The molecule has 26 heavy (non-hydrogen) atoms. The third kappa shape index (κ3) is 4.93. The van der Waals surface area contributed by atoms with E-state index in [2.05, 4.69) is 38.2 Å². The van der Waals surface area contributed by atoms with Crippen molar-refractivity contribution in [2.45, 2.75) is 32.1 Å². The van der Waals surface area contributed by atoms with Crippen LogP contribution in [-0.4, -0.2) is 38.8 Å². The number of amides is 1. The molecule has 0 radical (unpaired) electrons. The Kier molecular flexibility index (Phi) is 6.56. The van der Waals surface area contributed by atoms with Crippen LogP contribution in [0.4, 0.5) is 0 Å². The fraction of sp³-hybridized carbons (Fsp3) is 0.350. The van der Waals surface area contributed by atoms with Gasteiger partial charge in [-0.3, -0.25) is 4.79 Å². The predicted molar refractivity (Wildman–Crippen MR) is 104 cm³/mol. The molecule has 0 spiro atoms. The van der Waals surface area contributed by atoms with Crippen LogP contribution in [0.5, 0.6) is 0 Å². The van der Waals surface area contributed by atoms with Crippen molar-refractivity contribution in [1.82, 2.24) is 9.62 Å².